The minimum Gasteiger partial charge on any atom is -0.494 e. The van der Waals surface area contributed by atoms with Gasteiger partial charge in [0.15, 0.2) is 0 Å². The molecule has 6 nitrogen and oxygen atoms in total. The number of hydrogen-bond acceptors (Lipinski definition) is 5. The summed E-state index contributed by atoms with van der Waals surface area (Å²) < 4.78 is 6.49. The van der Waals surface area contributed by atoms with Gasteiger partial charge in [-0.2, -0.15) is 0 Å². The molecule has 26 heavy (non-hydrogen) atoms. The van der Waals surface area contributed by atoms with Gasteiger partial charge in [0.05, 0.1) is 28.0 Å². The van der Waals surface area contributed by atoms with Crippen molar-refractivity contribution in [3.05, 3.63) is 47.2 Å². The highest BCUT2D eigenvalue weighted by molar-refractivity contribution is 7.18. The highest BCUT2D eigenvalue weighted by atomic mass is 32.1. The molecule has 0 bridgehead atoms. The summed E-state index contributed by atoms with van der Waals surface area (Å²) in [6, 6.07) is 7.86. The fourth-order valence-corrected chi connectivity index (χ4v) is 3.81. The van der Waals surface area contributed by atoms with Gasteiger partial charge < -0.3 is 15.0 Å². The lowest BCUT2D eigenvalue weighted by Gasteiger charge is -2.23. The fourth-order valence-electron chi connectivity index (χ4n) is 2.96. The molecule has 0 unspecified atom stereocenters. The van der Waals surface area contributed by atoms with E-state index in [-0.39, 0.29) is 12.1 Å². The van der Waals surface area contributed by atoms with Gasteiger partial charge >= 0.3 is 6.03 Å². The summed E-state index contributed by atoms with van der Waals surface area (Å²) in [6.45, 7) is 2.52. The number of methoxy groups -OCH3 is 1. The molecule has 1 saturated carbocycles. The molecule has 1 aliphatic carbocycles. The number of urea groups is 1. The predicted molar refractivity (Wildman–Crippen MR) is 103 cm³/mol. The first kappa shape index (κ1) is 16.8. The zero-order valence-corrected chi connectivity index (χ0v) is 15.5. The molecule has 0 spiro atoms. The molecular formula is C19H20N4O2S. The van der Waals surface area contributed by atoms with Crippen LogP contribution in [0.2, 0.25) is 0 Å². The largest absolute Gasteiger partial charge is 0.494 e. The number of carbonyl (C=O) groups is 1. The van der Waals surface area contributed by atoms with E-state index in [9.17, 15) is 4.79 Å². The number of aryl methyl sites for hydroxylation is 1. The van der Waals surface area contributed by atoms with Crippen molar-refractivity contribution in [2.24, 2.45) is 0 Å². The fraction of sp³-hybridized carbons (Fsp3) is 0.316. The lowest BCUT2D eigenvalue weighted by Crippen LogP contribution is -2.36. The summed E-state index contributed by atoms with van der Waals surface area (Å²) in [5, 5.41) is 4.01. The van der Waals surface area contributed by atoms with Gasteiger partial charge in [0.2, 0.25) is 0 Å². The minimum atomic E-state index is -0.116. The number of amides is 2. The van der Waals surface area contributed by atoms with Crippen LogP contribution in [0.25, 0.3) is 10.2 Å². The highest BCUT2D eigenvalue weighted by Crippen LogP contribution is 2.34. The Morgan fingerprint density at radius 3 is 2.96 bits per heavy atom. The maximum Gasteiger partial charge on any atom is 0.322 e. The monoisotopic (exact) mass is 368 g/mol. The molecular weight excluding hydrogens is 348 g/mol. The van der Waals surface area contributed by atoms with Gasteiger partial charge in [-0.15, -0.1) is 11.3 Å². The van der Waals surface area contributed by atoms with Crippen molar-refractivity contribution in [1.82, 2.24) is 14.9 Å². The summed E-state index contributed by atoms with van der Waals surface area (Å²) in [7, 11) is 1.60. The van der Waals surface area contributed by atoms with Crippen molar-refractivity contribution in [3.8, 4) is 5.75 Å². The van der Waals surface area contributed by atoms with Gasteiger partial charge in [-0.05, 0) is 37.5 Å². The first-order valence-corrected chi connectivity index (χ1v) is 9.37. The standard InChI is InChI=1S/C19H20N4O2S/c1-12-21-16-8-17(25-2)15(9-18(16)26-12)22-19(24)23(14-5-6-14)11-13-4-3-7-20-10-13/h3-4,7-10,14H,5-6,11H2,1-2H3,(H,22,24). The molecule has 0 atom stereocenters. The molecule has 1 aromatic carbocycles. The average Bonchev–Trinajstić information content (AvgIpc) is 3.41. The minimum absolute atomic E-state index is 0.116. The molecule has 1 fully saturated rings. The van der Waals surface area contributed by atoms with E-state index in [1.165, 1.54) is 0 Å². The number of carbonyl (C=O) groups excluding carboxylic acids is 1. The van der Waals surface area contributed by atoms with Crippen LogP contribution < -0.4 is 10.1 Å². The predicted octanol–water partition coefficient (Wildman–Crippen LogP) is 4.20. The van der Waals surface area contributed by atoms with Crippen LogP contribution >= 0.6 is 11.3 Å². The van der Waals surface area contributed by atoms with Gasteiger partial charge in [-0.3, -0.25) is 4.98 Å². The van der Waals surface area contributed by atoms with E-state index in [0.29, 0.717) is 18.0 Å². The van der Waals surface area contributed by atoms with E-state index in [4.69, 9.17) is 4.74 Å². The van der Waals surface area contributed by atoms with Crippen LogP contribution in [0, 0.1) is 6.92 Å². The highest BCUT2D eigenvalue weighted by Gasteiger charge is 2.33. The maximum absolute atomic E-state index is 12.9. The van der Waals surface area contributed by atoms with Crippen LogP contribution in [0.5, 0.6) is 5.75 Å². The van der Waals surface area contributed by atoms with E-state index in [1.807, 2.05) is 36.1 Å². The van der Waals surface area contributed by atoms with E-state index in [2.05, 4.69) is 15.3 Å². The van der Waals surface area contributed by atoms with Crippen molar-refractivity contribution >= 4 is 33.3 Å². The Labute approximate surface area is 155 Å². The maximum atomic E-state index is 12.9. The first-order chi connectivity index (χ1) is 12.6. The second-order valence-electron chi connectivity index (χ2n) is 6.40. The Kier molecular flexibility index (Phi) is 4.46. The SMILES string of the molecule is COc1cc2nc(C)sc2cc1NC(=O)N(Cc1cccnc1)C1CC1. The van der Waals surface area contributed by atoms with Crippen molar-refractivity contribution in [1.29, 1.82) is 0 Å². The number of ether oxygens (including phenoxy) is 1. The number of thiazole rings is 1. The van der Waals surface area contributed by atoms with Crippen LogP contribution in [-0.4, -0.2) is 34.1 Å². The van der Waals surface area contributed by atoms with E-state index >= 15 is 0 Å². The third-order valence-corrected chi connectivity index (χ3v) is 5.32. The van der Waals surface area contributed by atoms with E-state index in [0.717, 1.165) is 33.6 Å². The summed E-state index contributed by atoms with van der Waals surface area (Å²) in [5.41, 5.74) is 2.58. The van der Waals surface area contributed by atoms with Crippen LogP contribution in [0.3, 0.4) is 0 Å². The molecule has 4 rings (SSSR count). The molecule has 2 heterocycles. The van der Waals surface area contributed by atoms with Gasteiger partial charge in [-0.25, -0.2) is 9.78 Å². The number of benzene rings is 1. The van der Waals surface area contributed by atoms with E-state index in [1.54, 1.807) is 30.8 Å². The third-order valence-electron chi connectivity index (χ3n) is 4.38. The zero-order chi connectivity index (χ0) is 18.1. The summed E-state index contributed by atoms with van der Waals surface area (Å²) in [4.78, 5) is 23.4. The summed E-state index contributed by atoms with van der Waals surface area (Å²) in [5.74, 6) is 0.619. The molecule has 2 aromatic heterocycles. The Morgan fingerprint density at radius 1 is 1.42 bits per heavy atom. The molecule has 3 aromatic rings. The molecule has 0 radical (unpaired) electrons. The number of anilines is 1. The third kappa shape index (κ3) is 3.48. The van der Waals surface area contributed by atoms with Crippen LogP contribution in [0.15, 0.2) is 36.7 Å². The molecule has 0 saturated heterocycles. The number of nitrogens with zero attached hydrogens (tertiary/aromatic N) is 3. The van der Waals surface area contributed by atoms with Crippen LogP contribution in [0.1, 0.15) is 23.4 Å². The quantitative estimate of drug-likeness (QED) is 0.733. The number of aromatic nitrogens is 2. The lowest BCUT2D eigenvalue weighted by atomic mass is 10.2. The van der Waals surface area contributed by atoms with Crippen molar-refractivity contribution in [3.63, 3.8) is 0 Å². The number of rotatable bonds is 5. The molecule has 1 N–H and O–H groups in total. The summed E-state index contributed by atoms with van der Waals surface area (Å²) >= 11 is 1.60. The van der Waals surface area contributed by atoms with Gasteiger partial charge in [0.1, 0.15) is 5.75 Å². The van der Waals surface area contributed by atoms with Crippen molar-refractivity contribution in [2.45, 2.75) is 32.4 Å². The second-order valence-corrected chi connectivity index (χ2v) is 7.64. The van der Waals surface area contributed by atoms with Gasteiger partial charge in [-0.1, -0.05) is 6.07 Å². The van der Waals surface area contributed by atoms with Crippen molar-refractivity contribution in [2.75, 3.05) is 12.4 Å². The molecule has 2 amide bonds. The molecule has 134 valence electrons. The smallest absolute Gasteiger partial charge is 0.322 e. The topological polar surface area (TPSA) is 67.3 Å². The number of nitrogens with one attached hydrogen (secondary N) is 1. The second kappa shape index (κ2) is 6.92. The summed E-state index contributed by atoms with van der Waals surface area (Å²) in [6.07, 6.45) is 5.62. The molecule has 7 heteroatoms. The van der Waals surface area contributed by atoms with Crippen LogP contribution in [0.4, 0.5) is 10.5 Å². The van der Waals surface area contributed by atoms with Crippen LogP contribution in [-0.2, 0) is 6.54 Å². The number of fused-ring (bicyclic) bond motifs is 1. The first-order valence-electron chi connectivity index (χ1n) is 8.56. The van der Waals surface area contributed by atoms with Crippen molar-refractivity contribution < 1.29 is 9.53 Å². The Morgan fingerprint density at radius 2 is 2.27 bits per heavy atom. The average molecular weight is 368 g/mol. The zero-order valence-electron chi connectivity index (χ0n) is 14.7. The van der Waals surface area contributed by atoms with Gasteiger partial charge in [0.25, 0.3) is 0 Å². The van der Waals surface area contributed by atoms with Gasteiger partial charge in [0, 0.05) is 31.0 Å². The normalized spacial score (nSPS) is 13.6. The Hall–Kier alpha value is -2.67. The molecule has 1 aliphatic rings. The number of pyridine rings is 1. The lowest BCUT2D eigenvalue weighted by molar-refractivity contribution is 0.206. The Balaban J connectivity index is 1.58. The molecule has 0 aliphatic heterocycles. The van der Waals surface area contributed by atoms with E-state index < -0.39 is 0 Å². The Bertz CT molecular complexity index is 937. The number of hydrogen-bond donors (Lipinski definition) is 1.